The SMILES string of the molecule is Cc1ccc(C(=O)OC(C)C(=O)NCc2cccs2)cc1O. The Morgan fingerprint density at radius 2 is 2.14 bits per heavy atom. The third-order valence-corrected chi connectivity index (χ3v) is 3.99. The number of benzene rings is 1. The summed E-state index contributed by atoms with van der Waals surface area (Å²) in [6, 6.07) is 8.31. The van der Waals surface area contributed by atoms with Crippen LogP contribution in [-0.2, 0) is 16.1 Å². The Morgan fingerprint density at radius 1 is 1.36 bits per heavy atom. The molecule has 0 saturated carbocycles. The lowest BCUT2D eigenvalue weighted by Gasteiger charge is -2.13. The predicted octanol–water partition coefficient (Wildman–Crippen LogP) is 2.62. The van der Waals surface area contributed by atoms with Gasteiger partial charge in [0.05, 0.1) is 12.1 Å². The molecular formula is C16H17NO4S. The van der Waals surface area contributed by atoms with Crippen molar-refractivity contribution in [3.8, 4) is 5.75 Å². The molecule has 22 heavy (non-hydrogen) atoms. The van der Waals surface area contributed by atoms with Crippen molar-refractivity contribution in [2.24, 2.45) is 0 Å². The maximum Gasteiger partial charge on any atom is 0.339 e. The second-order valence-corrected chi connectivity index (χ2v) is 5.88. The summed E-state index contributed by atoms with van der Waals surface area (Å²) in [5.74, 6) is -0.989. The zero-order valence-electron chi connectivity index (χ0n) is 12.3. The van der Waals surface area contributed by atoms with Crippen LogP contribution in [0.25, 0.3) is 0 Å². The van der Waals surface area contributed by atoms with Crippen molar-refractivity contribution in [2.45, 2.75) is 26.5 Å². The van der Waals surface area contributed by atoms with E-state index in [4.69, 9.17) is 4.74 Å². The number of thiophene rings is 1. The van der Waals surface area contributed by atoms with Crippen LogP contribution in [0.2, 0.25) is 0 Å². The van der Waals surface area contributed by atoms with Gasteiger partial charge in [0.1, 0.15) is 5.75 Å². The quantitative estimate of drug-likeness (QED) is 0.831. The molecule has 0 aliphatic heterocycles. The van der Waals surface area contributed by atoms with Crippen LogP contribution in [0.1, 0.15) is 27.7 Å². The number of hydrogen-bond donors (Lipinski definition) is 2. The lowest BCUT2D eigenvalue weighted by atomic mass is 10.1. The molecule has 0 aliphatic rings. The maximum absolute atomic E-state index is 11.9. The van der Waals surface area contributed by atoms with E-state index < -0.39 is 12.1 Å². The number of amides is 1. The van der Waals surface area contributed by atoms with Gasteiger partial charge < -0.3 is 15.2 Å². The minimum atomic E-state index is -0.907. The van der Waals surface area contributed by atoms with Crippen LogP contribution < -0.4 is 5.32 Å². The Hall–Kier alpha value is -2.34. The summed E-state index contributed by atoms with van der Waals surface area (Å²) in [5, 5.41) is 14.2. The molecule has 0 aliphatic carbocycles. The van der Waals surface area contributed by atoms with E-state index in [0.717, 1.165) is 4.88 Å². The van der Waals surface area contributed by atoms with Gasteiger partial charge in [-0.05, 0) is 43.0 Å². The monoisotopic (exact) mass is 319 g/mol. The molecule has 0 fully saturated rings. The smallest absolute Gasteiger partial charge is 0.339 e. The van der Waals surface area contributed by atoms with E-state index in [9.17, 15) is 14.7 Å². The highest BCUT2D eigenvalue weighted by Crippen LogP contribution is 2.18. The maximum atomic E-state index is 11.9. The number of hydrogen-bond acceptors (Lipinski definition) is 5. The first kappa shape index (κ1) is 16.0. The lowest BCUT2D eigenvalue weighted by molar-refractivity contribution is -0.129. The molecule has 2 N–H and O–H groups in total. The Balaban J connectivity index is 1.89. The highest BCUT2D eigenvalue weighted by Gasteiger charge is 2.19. The normalized spacial score (nSPS) is 11.7. The van der Waals surface area contributed by atoms with Crippen molar-refractivity contribution >= 4 is 23.2 Å². The van der Waals surface area contributed by atoms with Gasteiger partial charge in [-0.2, -0.15) is 0 Å². The molecule has 1 heterocycles. The summed E-state index contributed by atoms with van der Waals surface area (Å²) < 4.78 is 5.10. The van der Waals surface area contributed by atoms with E-state index in [1.807, 2.05) is 17.5 Å². The third-order valence-electron chi connectivity index (χ3n) is 3.11. The highest BCUT2D eigenvalue weighted by molar-refractivity contribution is 7.09. The summed E-state index contributed by atoms with van der Waals surface area (Å²) in [4.78, 5) is 24.9. The molecule has 0 bridgehead atoms. The number of aromatic hydroxyl groups is 1. The van der Waals surface area contributed by atoms with Crippen LogP contribution in [0.4, 0.5) is 0 Å². The topological polar surface area (TPSA) is 75.6 Å². The summed E-state index contributed by atoms with van der Waals surface area (Å²) >= 11 is 1.54. The highest BCUT2D eigenvalue weighted by atomic mass is 32.1. The molecule has 6 heteroatoms. The molecule has 1 atom stereocenters. The van der Waals surface area contributed by atoms with Crippen molar-refractivity contribution in [1.82, 2.24) is 5.32 Å². The number of carbonyl (C=O) groups is 2. The number of ether oxygens (including phenoxy) is 1. The summed E-state index contributed by atoms with van der Waals surface area (Å²) in [6.07, 6.45) is -0.907. The largest absolute Gasteiger partial charge is 0.508 e. The fourth-order valence-electron chi connectivity index (χ4n) is 1.75. The van der Waals surface area contributed by atoms with E-state index in [-0.39, 0.29) is 17.2 Å². The number of nitrogens with one attached hydrogen (secondary N) is 1. The zero-order valence-corrected chi connectivity index (χ0v) is 13.1. The number of esters is 1. The van der Waals surface area contributed by atoms with Crippen LogP contribution in [-0.4, -0.2) is 23.1 Å². The van der Waals surface area contributed by atoms with Gasteiger partial charge in [-0.15, -0.1) is 11.3 Å². The van der Waals surface area contributed by atoms with Gasteiger partial charge in [0, 0.05) is 4.88 Å². The summed E-state index contributed by atoms with van der Waals surface area (Å²) in [6.45, 7) is 3.64. The lowest BCUT2D eigenvalue weighted by Crippen LogP contribution is -2.35. The fraction of sp³-hybridized carbons (Fsp3) is 0.250. The Kier molecular flexibility index (Phi) is 5.16. The molecule has 0 spiro atoms. The van der Waals surface area contributed by atoms with Crippen LogP contribution >= 0.6 is 11.3 Å². The van der Waals surface area contributed by atoms with Gasteiger partial charge in [0.25, 0.3) is 5.91 Å². The van der Waals surface area contributed by atoms with E-state index in [2.05, 4.69) is 5.32 Å². The number of phenolic OH excluding ortho intramolecular Hbond substituents is 1. The van der Waals surface area contributed by atoms with E-state index in [1.54, 1.807) is 30.4 Å². The Labute approximate surface area is 132 Å². The van der Waals surface area contributed by atoms with Crippen LogP contribution in [0.3, 0.4) is 0 Å². The standard InChI is InChI=1S/C16H17NO4S/c1-10-5-6-12(8-14(10)18)16(20)21-11(2)15(19)17-9-13-4-3-7-22-13/h3-8,11,18H,9H2,1-2H3,(H,17,19). The minimum absolute atomic E-state index is 0.0178. The van der Waals surface area contributed by atoms with Gasteiger partial charge in [0.2, 0.25) is 0 Å². The first-order valence-electron chi connectivity index (χ1n) is 6.78. The van der Waals surface area contributed by atoms with Gasteiger partial charge in [0.15, 0.2) is 6.10 Å². The average Bonchev–Trinajstić information content (AvgIpc) is 3.00. The molecule has 0 saturated heterocycles. The minimum Gasteiger partial charge on any atom is -0.508 e. The van der Waals surface area contributed by atoms with Crippen molar-refractivity contribution in [3.05, 3.63) is 51.7 Å². The molecule has 2 rings (SSSR count). The number of aryl methyl sites for hydroxylation is 1. The second-order valence-electron chi connectivity index (χ2n) is 4.85. The van der Waals surface area contributed by atoms with E-state index in [1.165, 1.54) is 13.0 Å². The van der Waals surface area contributed by atoms with Gasteiger partial charge in [-0.25, -0.2) is 4.79 Å². The number of rotatable bonds is 5. The van der Waals surface area contributed by atoms with E-state index in [0.29, 0.717) is 12.1 Å². The Morgan fingerprint density at radius 3 is 2.77 bits per heavy atom. The number of phenols is 1. The van der Waals surface area contributed by atoms with Crippen LogP contribution in [0, 0.1) is 6.92 Å². The van der Waals surface area contributed by atoms with Crippen LogP contribution in [0.15, 0.2) is 35.7 Å². The third kappa shape index (κ3) is 4.08. The molecule has 116 valence electrons. The fourth-order valence-corrected chi connectivity index (χ4v) is 2.39. The van der Waals surface area contributed by atoms with Crippen molar-refractivity contribution in [2.75, 3.05) is 0 Å². The molecule has 1 amide bonds. The average molecular weight is 319 g/mol. The van der Waals surface area contributed by atoms with Crippen molar-refractivity contribution < 1.29 is 19.4 Å². The Bertz CT molecular complexity index is 667. The van der Waals surface area contributed by atoms with Crippen molar-refractivity contribution in [3.63, 3.8) is 0 Å². The molecule has 1 unspecified atom stereocenters. The summed E-state index contributed by atoms with van der Waals surface area (Å²) in [7, 11) is 0. The van der Waals surface area contributed by atoms with Gasteiger partial charge >= 0.3 is 5.97 Å². The first-order chi connectivity index (χ1) is 10.5. The first-order valence-corrected chi connectivity index (χ1v) is 7.66. The van der Waals surface area contributed by atoms with Crippen molar-refractivity contribution in [1.29, 1.82) is 0 Å². The van der Waals surface area contributed by atoms with Gasteiger partial charge in [-0.3, -0.25) is 4.79 Å². The molecular weight excluding hydrogens is 302 g/mol. The molecule has 1 aromatic carbocycles. The predicted molar refractivity (Wildman–Crippen MR) is 83.9 cm³/mol. The van der Waals surface area contributed by atoms with Crippen LogP contribution in [0.5, 0.6) is 5.75 Å². The summed E-state index contributed by atoms with van der Waals surface area (Å²) in [5.41, 5.74) is 0.874. The molecule has 5 nitrogen and oxygen atoms in total. The van der Waals surface area contributed by atoms with Gasteiger partial charge in [-0.1, -0.05) is 12.1 Å². The molecule has 0 radical (unpaired) electrons. The zero-order chi connectivity index (χ0) is 16.1. The second kappa shape index (κ2) is 7.09. The molecule has 1 aromatic heterocycles. The molecule has 2 aromatic rings. The number of carbonyl (C=O) groups excluding carboxylic acids is 2. The van der Waals surface area contributed by atoms with E-state index >= 15 is 0 Å².